The fraction of sp³-hybridized carbons (Fsp3) is 0.556. The number of nitrogens with one attached hydrogen (secondary N) is 1. The van der Waals surface area contributed by atoms with Crippen molar-refractivity contribution in [2.75, 3.05) is 11.9 Å². The van der Waals surface area contributed by atoms with E-state index in [4.69, 9.17) is 11.6 Å². The predicted molar refractivity (Wildman–Crippen MR) is 52.9 cm³/mol. The molecule has 0 radical (unpaired) electrons. The van der Waals surface area contributed by atoms with Gasteiger partial charge in [0, 0.05) is 18.9 Å². The Morgan fingerprint density at radius 1 is 1.46 bits per heavy atom. The van der Waals surface area contributed by atoms with E-state index >= 15 is 0 Å². The van der Waals surface area contributed by atoms with Gasteiger partial charge in [-0.3, -0.25) is 0 Å². The van der Waals surface area contributed by atoms with Crippen LogP contribution >= 0.6 is 11.6 Å². The molecule has 1 fully saturated rings. The van der Waals surface area contributed by atoms with Crippen molar-refractivity contribution >= 4 is 17.5 Å². The van der Waals surface area contributed by atoms with Crippen LogP contribution in [0, 0.1) is 5.92 Å². The second-order valence-electron chi connectivity index (χ2n) is 3.31. The van der Waals surface area contributed by atoms with E-state index in [1.165, 1.54) is 12.8 Å². The highest BCUT2D eigenvalue weighted by Gasteiger charge is 2.29. The highest BCUT2D eigenvalue weighted by atomic mass is 35.5. The summed E-state index contributed by atoms with van der Waals surface area (Å²) >= 11 is 6.11. The van der Waals surface area contributed by atoms with Gasteiger partial charge in [0.1, 0.15) is 0 Å². The molecule has 1 aromatic heterocycles. The number of hydrogen-bond acceptors (Lipinski definition) is 3. The summed E-state index contributed by atoms with van der Waals surface area (Å²) in [6, 6.07) is 1.80. The smallest absolute Gasteiger partial charge is 0.222 e. The molecule has 1 N–H and O–H groups in total. The number of nitrogens with zero attached hydrogens (tertiary/aromatic N) is 2. The predicted octanol–water partition coefficient (Wildman–Crippen LogP) is 1.91. The molecule has 0 bridgehead atoms. The summed E-state index contributed by atoms with van der Waals surface area (Å²) in [5.74, 6) is 1.37. The minimum atomic E-state index is 0.226. The number of alkyl halides is 1. The zero-order valence-corrected chi connectivity index (χ0v) is 8.04. The molecule has 4 heteroatoms. The van der Waals surface area contributed by atoms with Crippen molar-refractivity contribution < 1.29 is 0 Å². The first-order valence-corrected chi connectivity index (χ1v) is 4.95. The van der Waals surface area contributed by atoms with E-state index in [2.05, 4.69) is 15.3 Å². The van der Waals surface area contributed by atoms with Crippen LogP contribution in [0.25, 0.3) is 0 Å². The third kappa shape index (κ3) is 2.56. The van der Waals surface area contributed by atoms with Gasteiger partial charge in [-0.25, -0.2) is 9.97 Å². The van der Waals surface area contributed by atoms with Crippen LogP contribution in [0.2, 0.25) is 0 Å². The lowest BCUT2D eigenvalue weighted by Crippen LogP contribution is -2.17. The second-order valence-corrected chi connectivity index (χ2v) is 3.87. The van der Waals surface area contributed by atoms with Gasteiger partial charge in [0.05, 0.1) is 5.38 Å². The number of anilines is 1. The van der Waals surface area contributed by atoms with Gasteiger partial charge >= 0.3 is 0 Å². The molecular formula is C9H12ClN3. The maximum Gasteiger partial charge on any atom is 0.222 e. The Balaban J connectivity index is 1.78. The molecule has 1 heterocycles. The Hall–Kier alpha value is -0.830. The van der Waals surface area contributed by atoms with Crippen LogP contribution in [0.5, 0.6) is 0 Å². The normalized spacial score (nSPS) is 18.2. The Morgan fingerprint density at radius 2 is 2.15 bits per heavy atom. The molecule has 13 heavy (non-hydrogen) atoms. The fourth-order valence-corrected chi connectivity index (χ4v) is 1.53. The molecule has 0 spiro atoms. The molecule has 1 saturated carbocycles. The third-order valence-electron chi connectivity index (χ3n) is 2.15. The van der Waals surface area contributed by atoms with E-state index in [0.717, 1.165) is 6.54 Å². The van der Waals surface area contributed by atoms with Crippen LogP contribution in [-0.4, -0.2) is 21.9 Å². The van der Waals surface area contributed by atoms with Crippen molar-refractivity contribution in [1.82, 2.24) is 9.97 Å². The lowest BCUT2D eigenvalue weighted by molar-refractivity contribution is 0.765. The van der Waals surface area contributed by atoms with Crippen molar-refractivity contribution in [3.8, 4) is 0 Å². The van der Waals surface area contributed by atoms with Crippen LogP contribution in [0.3, 0.4) is 0 Å². The highest BCUT2D eigenvalue weighted by Crippen LogP contribution is 2.35. The van der Waals surface area contributed by atoms with Gasteiger partial charge < -0.3 is 5.32 Å². The van der Waals surface area contributed by atoms with E-state index in [1.54, 1.807) is 18.5 Å². The molecule has 1 unspecified atom stereocenters. The quantitative estimate of drug-likeness (QED) is 0.750. The summed E-state index contributed by atoms with van der Waals surface area (Å²) in [5, 5.41) is 3.34. The van der Waals surface area contributed by atoms with Gasteiger partial charge in [-0.1, -0.05) is 0 Å². The average Bonchev–Trinajstić information content (AvgIpc) is 2.99. The van der Waals surface area contributed by atoms with Crippen molar-refractivity contribution in [2.24, 2.45) is 5.92 Å². The standard InChI is InChI=1S/C9H12ClN3/c10-8(7-2-3-7)6-13-9-11-4-1-5-12-9/h1,4-5,7-8H,2-3,6H2,(H,11,12,13). The van der Waals surface area contributed by atoms with Crippen LogP contribution in [0.4, 0.5) is 5.95 Å². The molecule has 70 valence electrons. The molecule has 2 rings (SSSR count). The monoisotopic (exact) mass is 197 g/mol. The Morgan fingerprint density at radius 3 is 2.77 bits per heavy atom. The summed E-state index contributed by atoms with van der Waals surface area (Å²) in [4.78, 5) is 8.10. The molecule has 0 aromatic carbocycles. The molecule has 1 atom stereocenters. The summed E-state index contributed by atoms with van der Waals surface area (Å²) < 4.78 is 0. The SMILES string of the molecule is ClC(CNc1ncccn1)C1CC1. The van der Waals surface area contributed by atoms with Crippen molar-refractivity contribution in [3.05, 3.63) is 18.5 Å². The minimum absolute atomic E-state index is 0.226. The topological polar surface area (TPSA) is 37.8 Å². The molecule has 0 amide bonds. The molecule has 0 saturated heterocycles. The van der Waals surface area contributed by atoms with E-state index in [0.29, 0.717) is 11.9 Å². The van der Waals surface area contributed by atoms with Gasteiger partial charge in [-0.15, -0.1) is 11.6 Å². The minimum Gasteiger partial charge on any atom is -0.353 e. The van der Waals surface area contributed by atoms with Gasteiger partial charge in [-0.2, -0.15) is 0 Å². The van der Waals surface area contributed by atoms with Gasteiger partial charge in [0.15, 0.2) is 0 Å². The van der Waals surface area contributed by atoms with E-state index in [-0.39, 0.29) is 5.38 Å². The molecule has 1 aliphatic carbocycles. The molecule has 1 aliphatic rings. The van der Waals surface area contributed by atoms with Crippen LogP contribution in [0.15, 0.2) is 18.5 Å². The highest BCUT2D eigenvalue weighted by molar-refractivity contribution is 6.21. The second kappa shape index (κ2) is 3.92. The Kier molecular flexibility index (Phi) is 2.64. The fourth-order valence-electron chi connectivity index (χ4n) is 1.20. The van der Waals surface area contributed by atoms with Gasteiger partial charge in [-0.05, 0) is 24.8 Å². The lowest BCUT2D eigenvalue weighted by Gasteiger charge is -2.08. The third-order valence-corrected chi connectivity index (χ3v) is 2.67. The van der Waals surface area contributed by atoms with Gasteiger partial charge in [0.25, 0.3) is 0 Å². The first-order chi connectivity index (χ1) is 6.36. The molecule has 3 nitrogen and oxygen atoms in total. The maximum absolute atomic E-state index is 6.11. The first-order valence-electron chi connectivity index (χ1n) is 4.51. The van der Waals surface area contributed by atoms with Gasteiger partial charge in [0.2, 0.25) is 5.95 Å². The molecular weight excluding hydrogens is 186 g/mol. The maximum atomic E-state index is 6.11. The van der Waals surface area contributed by atoms with Crippen LogP contribution < -0.4 is 5.32 Å². The number of hydrogen-bond donors (Lipinski definition) is 1. The van der Waals surface area contributed by atoms with E-state index in [1.807, 2.05) is 0 Å². The Labute approximate surface area is 82.5 Å². The lowest BCUT2D eigenvalue weighted by atomic mass is 10.3. The number of aromatic nitrogens is 2. The summed E-state index contributed by atoms with van der Waals surface area (Å²) in [5.41, 5.74) is 0. The van der Waals surface area contributed by atoms with Crippen LogP contribution in [-0.2, 0) is 0 Å². The zero-order valence-electron chi connectivity index (χ0n) is 7.28. The molecule has 0 aliphatic heterocycles. The van der Waals surface area contributed by atoms with Crippen molar-refractivity contribution in [2.45, 2.75) is 18.2 Å². The van der Waals surface area contributed by atoms with Crippen LogP contribution in [0.1, 0.15) is 12.8 Å². The van der Waals surface area contributed by atoms with E-state index < -0.39 is 0 Å². The van der Waals surface area contributed by atoms with E-state index in [9.17, 15) is 0 Å². The Bertz CT molecular complexity index is 261. The average molecular weight is 198 g/mol. The van der Waals surface area contributed by atoms with Crippen molar-refractivity contribution in [1.29, 1.82) is 0 Å². The number of halogens is 1. The summed E-state index contributed by atoms with van der Waals surface area (Å²) in [7, 11) is 0. The summed E-state index contributed by atoms with van der Waals surface area (Å²) in [6.07, 6.45) is 5.97. The molecule has 1 aromatic rings. The van der Waals surface area contributed by atoms with Crippen molar-refractivity contribution in [3.63, 3.8) is 0 Å². The zero-order chi connectivity index (χ0) is 9.10. The largest absolute Gasteiger partial charge is 0.353 e. The number of rotatable bonds is 4. The summed E-state index contributed by atoms with van der Waals surface area (Å²) in [6.45, 7) is 0.760. The first kappa shape index (κ1) is 8.75.